The van der Waals surface area contributed by atoms with Gasteiger partial charge in [-0.05, 0) is 61.2 Å². The maximum atomic E-state index is 14.7. The Morgan fingerprint density at radius 1 is 1.08 bits per heavy atom. The lowest BCUT2D eigenvalue weighted by atomic mass is 10.0. The van der Waals surface area contributed by atoms with Gasteiger partial charge < -0.3 is 20.8 Å². The molecule has 5 rings (SSSR count). The highest BCUT2D eigenvalue weighted by Gasteiger charge is 2.21. The van der Waals surface area contributed by atoms with Gasteiger partial charge in [-0.3, -0.25) is 9.59 Å². The zero-order chi connectivity index (χ0) is 26.4. The molecule has 0 saturated heterocycles. The van der Waals surface area contributed by atoms with E-state index in [1.807, 2.05) is 24.3 Å². The molecule has 1 saturated carbocycles. The van der Waals surface area contributed by atoms with Gasteiger partial charge in [-0.15, -0.1) is 0 Å². The van der Waals surface area contributed by atoms with Crippen molar-refractivity contribution in [3.05, 3.63) is 72.0 Å². The van der Waals surface area contributed by atoms with Gasteiger partial charge in [0, 0.05) is 11.3 Å². The van der Waals surface area contributed by atoms with E-state index in [4.69, 9.17) is 5.11 Å². The van der Waals surface area contributed by atoms with Crippen LogP contribution >= 0.6 is 11.3 Å². The third kappa shape index (κ3) is 6.90. The molecule has 0 aliphatic heterocycles. The summed E-state index contributed by atoms with van der Waals surface area (Å²) in [5, 5.41) is 24.4. The molecular weight excluding hydrogens is 493 g/mol. The van der Waals surface area contributed by atoms with Crippen LogP contribution in [0.4, 0.5) is 20.9 Å². The van der Waals surface area contributed by atoms with E-state index in [0.29, 0.717) is 16.4 Å². The fourth-order valence-corrected chi connectivity index (χ4v) is 5.06. The van der Waals surface area contributed by atoms with Crippen LogP contribution < -0.4 is 10.6 Å². The van der Waals surface area contributed by atoms with Crippen LogP contribution in [-0.2, 0) is 4.79 Å². The van der Waals surface area contributed by atoms with Crippen molar-refractivity contribution in [2.24, 2.45) is 5.92 Å². The minimum absolute atomic E-state index is 0.0185. The zero-order valence-electron chi connectivity index (χ0n) is 20.3. The van der Waals surface area contributed by atoms with E-state index in [-0.39, 0.29) is 5.92 Å². The number of aromatic nitrogens is 1. The number of aliphatic hydroxyl groups excluding tert-OH is 1. The average Bonchev–Trinajstić information content (AvgIpc) is 3.55. The van der Waals surface area contributed by atoms with Crippen LogP contribution in [-0.4, -0.2) is 33.7 Å². The van der Waals surface area contributed by atoms with E-state index in [2.05, 4.69) is 15.6 Å². The Bertz CT molecular complexity index is 1380. The average molecular weight is 522 g/mol. The lowest BCUT2D eigenvalue weighted by Gasteiger charge is -2.08. The Morgan fingerprint density at radius 3 is 2.38 bits per heavy atom. The normalized spacial score (nSPS) is 14.0. The number of nitrogens with one attached hydrogen (secondary N) is 2. The molecule has 7 nitrogen and oxygen atoms in total. The van der Waals surface area contributed by atoms with Gasteiger partial charge in [0.05, 0.1) is 21.8 Å². The molecule has 4 aromatic rings. The van der Waals surface area contributed by atoms with Crippen LogP contribution in [0.15, 0.2) is 60.7 Å². The molecule has 1 heterocycles. The highest BCUT2D eigenvalue weighted by Crippen LogP contribution is 2.32. The zero-order valence-corrected chi connectivity index (χ0v) is 21.1. The topological polar surface area (TPSA) is 112 Å². The van der Waals surface area contributed by atoms with Crippen molar-refractivity contribution in [3.63, 3.8) is 0 Å². The number of benzene rings is 3. The summed E-state index contributed by atoms with van der Waals surface area (Å²) in [5.74, 6) is -1.02. The van der Waals surface area contributed by atoms with Crippen molar-refractivity contribution in [2.75, 3.05) is 10.6 Å². The first-order valence-electron chi connectivity index (χ1n) is 12.0. The highest BCUT2D eigenvalue weighted by molar-refractivity contribution is 7.22. The Labute approximate surface area is 218 Å². The Balaban J connectivity index is 0.000000342. The smallest absolute Gasteiger partial charge is 0.306 e. The van der Waals surface area contributed by atoms with Gasteiger partial charge in [0.15, 0.2) is 5.13 Å². The van der Waals surface area contributed by atoms with Gasteiger partial charge in [-0.2, -0.15) is 0 Å². The molecule has 1 aliphatic rings. The predicted octanol–water partition coefficient (Wildman–Crippen LogP) is 6.67. The van der Waals surface area contributed by atoms with E-state index < -0.39 is 18.0 Å². The summed E-state index contributed by atoms with van der Waals surface area (Å²) in [7, 11) is 0. The van der Waals surface area contributed by atoms with Crippen molar-refractivity contribution in [1.82, 2.24) is 4.98 Å². The molecule has 1 unspecified atom stereocenters. The first kappa shape index (κ1) is 26.2. The summed E-state index contributed by atoms with van der Waals surface area (Å²) < 4.78 is 15.6. The number of rotatable bonds is 7. The number of hydrogen-bond donors (Lipinski definition) is 4. The summed E-state index contributed by atoms with van der Waals surface area (Å²) in [6.07, 6.45) is 4.14. The van der Waals surface area contributed by atoms with Gasteiger partial charge in [0.25, 0.3) is 0 Å². The quantitative estimate of drug-likeness (QED) is 0.159. The number of nitrogens with zero attached hydrogens (tertiary/aromatic N) is 1. The number of fused-ring (bicyclic) bond motifs is 1. The molecule has 9 heteroatoms. The van der Waals surface area contributed by atoms with Crippen molar-refractivity contribution in [3.8, 4) is 11.1 Å². The summed E-state index contributed by atoms with van der Waals surface area (Å²) in [4.78, 5) is 25.5. The molecule has 0 spiro atoms. The number of anilines is 3. The molecule has 0 bridgehead atoms. The van der Waals surface area contributed by atoms with Crippen LogP contribution in [0.25, 0.3) is 21.3 Å². The number of aliphatic carboxylic acids is 1. The van der Waals surface area contributed by atoms with Gasteiger partial charge in [-0.1, -0.05) is 54.5 Å². The van der Waals surface area contributed by atoms with Gasteiger partial charge in [0.2, 0.25) is 0 Å². The summed E-state index contributed by atoms with van der Waals surface area (Å²) in [6.45, 7) is 1.65. The molecule has 0 radical (unpaired) electrons. The van der Waals surface area contributed by atoms with Crippen LogP contribution in [0, 0.1) is 11.7 Å². The second kappa shape index (κ2) is 11.9. The number of thiazole rings is 1. The standard InChI is InChI=1S/C22H18FN3O2S.C6H10O2/c1-13(28)24-17-7-9-20-21(11-17)29-22(26-20)25-19-8-6-16(10-18(19)23)15-4-2-14(12-27)3-5-15;7-6(8)5-3-1-2-4-5/h2-13,24,28H,1H3,(H,25,26);5H,1-4H2,(H,7,8). The minimum atomic E-state index is -0.653. The molecule has 1 aliphatic carbocycles. The minimum Gasteiger partial charge on any atom is -0.481 e. The number of carbonyl (C=O) groups is 2. The predicted molar refractivity (Wildman–Crippen MR) is 145 cm³/mol. The molecule has 1 aromatic heterocycles. The third-order valence-electron chi connectivity index (χ3n) is 6.06. The number of aliphatic hydroxyl groups is 1. The third-order valence-corrected chi connectivity index (χ3v) is 6.99. The van der Waals surface area contributed by atoms with Crippen molar-refractivity contribution in [1.29, 1.82) is 0 Å². The van der Waals surface area contributed by atoms with Crippen LogP contribution in [0.5, 0.6) is 0 Å². The molecular formula is C28H28FN3O4S. The fourth-order valence-electron chi connectivity index (χ4n) is 4.15. The number of hydrogen-bond acceptors (Lipinski definition) is 7. The molecule has 1 fully saturated rings. The van der Waals surface area contributed by atoms with Crippen molar-refractivity contribution >= 4 is 50.3 Å². The highest BCUT2D eigenvalue weighted by atomic mass is 32.1. The van der Waals surface area contributed by atoms with E-state index in [1.165, 1.54) is 17.4 Å². The van der Waals surface area contributed by atoms with E-state index >= 15 is 0 Å². The lowest BCUT2D eigenvalue weighted by molar-refractivity contribution is -0.141. The Hall–Kier alpha value is -3.82. The fraction of sp³-hybridized carbons (Fsp3) is 0.250. The van der Waals surface area contributed by atoms with E-state index in [1.54, 1.807) is 37.3 Å². The monoisotopic (exact) mass is 521 g/mol. The molecule has 4 N–H and O–H groups in total. The van der Waals surface area contributed by atoms with Crippen molar-refractivity contribution < 1.29 is 24.2 Å². The first-order chi connectivity index (χ1) is 17.8. The first-order valence-corrected chi connectivity index (χ1v) is 12.8. The number of carbonyl (C=O) groups excluding carboxylic acids is 1. The molecule has 1 atom stereocenters. The molecule has 37 heavy (non-hydrogen) atoms. The lowest BCUT2D eigenvalue weighted by Crippen LogP contribution is -2.12. The second-order valence-electron chi connectivity index (χ2n) is 8.90. The summed E-state index contributed by atoms with van der Waals surface area (Å²) in [6, 6.07) is 17.5. The summed E-state index contributed by atoms with van der Waals surface area (Å²) >= 11 is 1.40. The SMILES string of the molecule is CC(O)Nc1ccc2nc(Nc3ccc(-c4ccc(C=O)cc4)cc3F)sc2c1.O=C(O)C1CCCC1. The number of carboxylic acids is 1. The second-order valence-corrected chi connectivity index (χ2v) is 9.93. The maximum absolute atomic E-state index is 14.7. The van der Waals surface area contributed by atoms with Crippen LogP contribution in [0.1, 0.15) is 43.0 Å². The number of halogens is 1. The molecule has 0 amide bonds. The van der Waals surface area contributed by atoms with E-state index in [0.717, 1.165) is 59.0 Å². The maximum Gasteiger partial charge on any atom is 0.306 e. The number of aldehydes is 1. The van der Waals surface area contributed by atoms with E-state index in [9.17, 15) is 19.1 Å². The van der Waals surface area contributed by atoms with Gasteiger partial charge in [0.1, 0.15) is 18.3 Å². The summed E-state index contributed by atoms with van der Waals surface area (Å²) in [5.41, 5.74) is 4.05. The Kier molecular flexibility index (Phi) is 8.47. The van der Waals surface area contributed by atoms with Gasteiger partial charge in [-0.25, -0.2) is 9.37 Å². The van der Waals surface area contributed by atoms with Crippen LogP contribution in [0.2, 0.25) is 0 Å². The van der Waals surface area contributed by atoms with Crippen molar-refractivity contribution in [2.45, 2.75) is 38.8 Å². The largest absolute Gasteiger partial charge is 0.481 e. The molecule has 192 valence electrons. The van der Waals surface area contributed by atoms with Crippen LogP contribution in [0.3, 0.4) is 0 Å². The Morgan fingerprint density at radius 2 is 1.78 bits per heavy atom. The number of carboxylic acid groups (broad SMARTS) is 1. The van der Waals surface area contributed by atoms with Gasteiger partial charge >= 0.3 is 5.97 Å². The molecule has 3 aromatic carbocycles.